The molecule has 14 nitrogen and oxygen atoms in total. The molecule has 4 aromatic rings. The second kappa shape index (κ2) is 15.4. The molecule has 1 aliphatic carbocycles. The number of pyridine rings is 1. The molecule has 0 unspecified atom stereocenters. The molecular formula is C35H32Cl2F2N4O10S. The molecule has 1 saturated carbocycles. The van der Waals surface area contributed by atoms with E-state index in [2.05, 4.69) is 9.89 Å². The first-order valence-electron chi connectivity index (χ1n) is 16.4. The molecule has 0 spiro atoms. The van der Waals surface area contributed by atoms with E-state index in [1.54, 1.807) is 13.8 Å². The minimum Gasteiger partial charge on any atom is -0.619 e. The quantitative estimate of drug-likeness (QED) is 0.0623. The van der Waals surface area contributed by atoms with Crippen molar-refractivity contribution in [1.82, 2.24) is 10.1 Å². The van der Waals surface area contributed by atoms with Crippen molar-refractivity contribution in [3.8, 4) is 11.5 Å². The van der Waals surface area contributed by atoms with Crippen molar-refractivity contribution in [2.45, 2.75) is 52.4 Å². The Hall–Kier alpha value is -5.00. The topological polar surface area (TPSA) is 172 Å². The SMILES string of the molecule is Cc1noc(C)c1CN(c1ccc2c(c1)C(=O)N(CC(=O)O[C@@H](Cc1c(Cl)c[n+]([O-])cc1Cl)c1ccc(OC(F)F)c(OCC3CC3)c1)C2=O)S(C)(=O)=O. The summed E-state index contributed by atoms with van der Waals surface area (Å²) in [7, 11) is -3.91. The highest BCUT2D eigenvalue weighted by molar-refractivity contribution is 7.92. The van der Waals surface area contributed by atoms with E-state index in [9.17, 15) is 36.8 Å². The fraction of sp³-hybridized carbons (Fsp3) is 0.343. The van der Waals surface area contributed by atoms with Crippen molar-refractivity contribution >= 4 is 56.7 Å². The molecule has 2 aliphatic rings. The molecule has 2 amide bonds. The van der Waals surface area contributed by atoms with Gasteiger partial charge in [-0.25, -0.2) is 8.42 Å². The van der Waals surface area contributed by atoms with Gasteiger partial charge in [-0.1, -0.05) is 34.4 Å². The van der Waals surface area contributed by atoms with Crippen LogP contribution in [0.4, 0.5) is 14.5 Å². The summed E-state index contributed by atoms with van der Waals surface area (Å²) in [6.45, 7) is -0.655. The van der Waals surface area contributed by atoms with Crippen LogP contribution in [-0.2, 0) is 32.5 Å². The Balaban J connectivity index is 1.26. The number of ether oxygens (including phenoxy) is 3. The number of imide groups is 1. The molecule has 3 heterocycles. The fourth-order valence-corrected chi connectivity index (χ4v) is 7.29. The van der Waals surface area contributed by atoms with Gasteiger partial charge in [-0.2, -0.15) is 13.5 Å². The molecule has 1 atom stereocenters. The van der Waals surface area contributed by atoms with Crippen molar-refractivity contribution < 1.29 is 55.0 Å². The van der Waals surface area contributed by atoms with Crippen LogP contribution < -0.4 is 18.5 Å². The van der Waals surface area contributed by atoms with E-state index in [1.807, 2.05) is 0 Å². The Morgan fingerprint density at radius 3 is 2.35 bits per heavy atom. The Labute approximate surface area is 317 Å². The van der Waals surface area contributed by atoms with Gasteiger partial charge in [0.25, 0.3) is 11.8 Å². The molecule has 0 N–H and O–H groups in total. The van der Waals surface area contributed by atoms with Gasteiger partial charge in [0.15, 0.2) is 23.9 Å². The number of halogens is 4. The summed E-state index contributed by atoms with van der Waals surface area (Å²) < 4.78 is 75.0. The Kier molecular flexibility index (Phi) is 11.0. The summed E-state index contributed by atoms with van der Waals surface area (Å²) in [6.07, 6.45) is 3.41. The van der Waals surface area contributed by atoms with E-state index in [0.29, 0.717) is 26.6 Å². The van der Waals surface area contributed by atoms with Gasteiger partial charge in [-0.05, 0) is 68.5 Å². The van der Waals surface area contributed by atoms with Crippen molar-refractivity contribution in [3.63, 3.8) is 0 Å². The van der Waals surface area contributed by atoms with Gasteiger partial charge in [0.2, 0.25) is 10.0 Å². The maximum Gasteiger partial charge on any atom is 0.387 e. The number of alkyl halides is 2. The van der Waals surface area contributed by atoms with E-state index < -0.39 is 47.1 Å². The average Bonchev–Trinajstić information content (AvgIpc) is 3.83. The van der Waals surface area contributed by atoms with E-state index in [4.69, 9.17) is 37.2 Å². The standard InChI is InChI=1S/C35H32Cl2F2N4O10S/c1-18-26(19(2)53-40-18)13-43(54(3,48)49)22-7-8-23-24(11-22)34(46)42(33(23)45)16-32(44)51-30(12-25-27(36)14-41(47)15-28(25)37)21-6-9-29(52-35(38)39)31(10-21)50-17-20-4-5-20/h6-11,14-15,20,30,35H,4-5,12-13,16-17H2,1-3H3/t30-/m0/s1. The highest BCUT2D eigenvalue weighted by Crippen LogP contribution is 2.38. The lowest BCUT2D eigenvalue weighted by Crippen LogP contribution is -2.36. The third-order valence-corrected chi connectivity index (χ3v) is 10.7. The zero-order valence-electron chi connectivity index (χ0n) is 28.9. The van der Waals surface area contributed by atoms with E-state index >= 15 is 0 Å². The highest BCUT2D eigenvalue weighted by Gasteiger charge is 2.39. The van der Waals surface area contributed by atoms with Crippen molar-refractivity contribution in [3.05, 3.63) is 103 Å². The number of carbonyl (C=O) groups is 3. The zero-order valence-corrected chi connectivity index (χ0v) is 31.2. The van der Waals surface area contributed by atoms with Crippen LogP contribution in [0.25, 0.3) is 0 Å². The van der Waals surface area contributed by atoms with E-state index in [0.717, 1.165) is 35.8 Å². The monoisotopic (exact) mass is 808 g/mol. The van der Waals surface area contributed by atoms with Crippen LogP contribution in [-0.4, -0.2) is 62.3 Å². The number of carbonyl (C=O) groups excluding carboxylic acids is 3. The number of amides is 2. The second-order valence-corrected chi connectivity index (χ2v) is 15.5. The van der Waals surface area contributed by atoms with Gasteiger partial charge in [0.05, 0.1) is 41.9 Å². The number of esters is 1. The molecule has 0 radical (unpaired) electrons. The molecule has 19 heteroatoms. The number of nitrogens with zero attached hydrogens (tertiary/aromatic N) is 4. The second-order valence-electron chi connectivity index (χ2n) is 12.8. The first kappa shape index (κ1) is 38.7. The van der Waals surface area contributed by atoms with Crippen molar-refractivity contribution in [2.24, 2.45) is 5.92 Å². The van der Waals surface area contributed by atoms with Gasteiger partial charge < -0.3 is 23.9 Å². The van der Waals surface area contributed by atoms with E-state index in [1.165, 1.54) is 36.4 Å². The third-order valence-electron chi connectivity index (χ3n) is 8.86. The van der Waals surface area contributed by atoms with Gasteiger partial charge in [-0.15, -0.1) is 0 Å². The summed E-state index contributed by atoms with van der Waals surface area (Å²) in [5, 5.41) is 15.7. The van der Waals surface area contributed by atoms with Crippen LogP contribution in [0.1, 0.15) is 67.8 Å². The molecule has 2 aromatic carbocycles. The van der Waals surface area contributed by atoms with Crippen LogP contribution >= 0.6 is 23.2 Å². The molecule has 286 valence electrons. The van der Waals surface area contributed by atoms with E-state index in [-0.39, 0.29) is 75.0 Å². The minimum atomic E-state index is -3.91. The molecule has 2 aromatic heterocycles. The fourth-order valence-electron chi connectivity index (χ4n) is 5.84. The number of aryl methyl sites for hydroxylation is 2. The predicted octanol–water partition coefficient (Wildman–Crippen LogP) is 5.71. The molecule has 1 aliphatic heterocycles. The van der Waals surface area contributed by atoms with Gasteiger partial charge >= 0.3 is 12.6 Å². The van der Waals surface area contributed by atoms with Crippen LogP contribution in [0.5, 0.6) is 11.5 Å². The smallest absolute Gasteiger partial charge is 0.387 e. The molecule has 0 bridgehead atoms. The number of fused-ring (bicyclic) bond motifs is 1. The number of hydrogen-bond acceptors (Lipinski definition) is 11. The Morgan fingerprint density at radius 1 is 1.06 bits per heavy atom. The summed E-state index contributed by atoms with van der Waals surface area (Å²) in [5.74, 6) is -2.41. The predicted molar refractivity (Wildman–Crippen MR) is 188 cm³/mol. The normalized spacial score (nSPS) is 14.7. The average molecular weight is 810 g/mol. The maximum absolute atomic E-state index is 13.6. The summed E-state index contributed by atoms with van der Waals surface area (Å²) in [6, 6.07) is 7.84. The molecule has 0 saturated heterocycles. The van der Waals surface area contributed by atoms with Crippen molar-refractivity contribution in [2.75, 3.05) is 23.7 Å². The van der Waals surface area contributed by atoms with Crippen molar-refractivity contribution in [1.29, 1.82) is 0 Å². The largest absolute Gasteiger partial charge is 0.619 e. The number of aromatic nitrogens is 2. The van der Waals surface area contributed by atoms with Crippen LogP contribution in [0.2, 0.25) is 10.0 Å². The van der Waals surface area contributed by atoms with Crippen LogP contribution in [0.3, 0.4) is 0 Å². The first-order chi connectivity index (χ1) is 25.5. The lowest BCUT2D eigenvalue weighted by atomic mass is 10.0. The number of sulfonamides is 1. The first-order valence-corrected chi connectivity index (χ1v) is 19.0. The highest BCUT2D eigenvalue weighted by atomic mass is 35.5. The summed E-state index contributed by atoms with van der Waals surface area (Å²) in [4.78, 5) is 41.2. The van der Waals surface area contributed by atoms with Gasteiger partial charge in [0.1, 0.15) is 28.5 Å². The zero-order chi connectivity index (χ0) is 39.1. The number of benzene rings is 2. The summed E-state index contributed by atoms with van der Waals surface area (Å²) >= 11 is 12.7. The van der Waals surface area contributed by atoms with Gasteiger partial charge in [-0.3, -0.25) is 23.6 Å². The lowest BCUT2D eigenvalue weighted by molar-refractivity contribution is -0.605. The number of anilines is 1. The van der Waals surface area contributed by atoms with Gasteiger partial charge in [0, 0.05) is 17.5 Å². The molecular weight excluding hydrogens is 777 g/mol. The number of hydrogen-bond donors (Lipinski definition) is 0. The Morgan fingerprint density at radius 2 is 1.74 bits per heavy atom. The molecule has 54 heavy (non-hydrogen) atoms. The van der Waals surface area contributed by atoms with Crippen LogP contribution in [0.15, 0.2) is 53.3 Å². The molecule has 6 rings (SSSR count). The third kappa shape index (κ3) is 8.53. The maximum atomic E-state index is 13.6. The van der Waals surface area contributed by atoms with Crippen LogP contribution in [0, 0.1) is 25.0 Å². The Bertz CT molecular complexity index is 2210. The lowest BCUT2D eigenvalue weighted by Gasteiger charge is -2.23. The minimum absolute atomic E-state index is 0.0444. The summed E-state index contributed by atoms with van der Waals surface area (Å²) in [5.41, 5.74) is 1.30. The number of rotatable bonds is 15. The molecule has 1 fully saturated rings.